The normalized spacial score (nSPS) is 12.5. The minimum atomic E-state index is -0.811. The Hall–Kier alpha value is -0.160. The summed E-state index contributed by atoms with van der Waals surface area (Å²) in [5, 5.41) is 28.4. The highest BCUT2D eigenvalue weighted by Crippen LogP contribution is 1.93. The lowest BCUT2D eigenvalue weighted by Crippen LogP contribution is -3.03. The van der Waals surface area contributed by atoms with Crippen molar-refractivity contribution in [2.24, 2.45) is 0 Å². The van der Waals surface area contributed by atoms with Gasteiger partial charge >= 0.3 is 0 Å². The van der Waals surface area contributed by atoms with Gasteiger partial charge in [0.15, 0.2) is 5.54 Å². The molecular weight excluding hydrogens is 146 g/mol. The number of quaternary nitrogens is 1. The van der Waals surface area contributed by atoms with Crippen LogP contribution in [0.25, 0.3) is 0 Å². The maximum absolute atomic E-state index is 8.87. The van der Waals surface area contributed by atoms with Crippen molar-refractivity contribution in [3.05, 3.63) is 0 Å². The van der Waals surface area contributed by atoms with E-state index in [4.69, 9.17) is 15.3 Å². The van der Waals surface area contributed by atoms with E-state index >= 15 is 0 Å². The van der Waals surface area contributed by atoms with E-state index in [1.54, 1.807) is 5.32 Å². The quantitative estimate of drug-likeness (QED) is 0.368. The zero-order chi connectivity index (χ0) is 8.91. The summed E-state index contributed by atoms with van der Waals surface area (Å²) >= 11 is 0. The zero-order valence-corrected chi connectivity index (χ0v) is 7.12. The van der Waals surface area contributed by atoms with Gasteiger partial charge in [-0.05, 0) is 13.8 Å². The number of hydrogen-bond acceptors (Lipinski definition) is 3. The van der Waals surface area contributed by atoms with Crippen LogP contribution in [0, 0.1) is 0 Å². The summed E-state index contributed by atoms with van der Waals surface area (Å²) in [4.78, 5) is 0. The Morgan fingerprint density at radius 3 is 1.55 bits per heavy atom. The lowest BCUT2D eigenvalue weighted by molar-refractivity contribution is -0.756. The first kappa shape index (κ1) is 10.8. The van der Waals surface area contributed by atoms with Crippen molar-refractivity contribution in [2.75, 3.05) is 19.8 Å². The van der Waals surface area contributed by atoms with Crippen molar-refractivity contribution in [3.8, 4) is 0 Å². The molecule has 0 unspecified atom stereocenters. The number of aliphatic hydroxyl groups excluding tert-OH is 3. The molecule has 11 heavy (non-hydrogen) atoms. The summed E-state index contributed by atoms with van der Waals surface area (Å²) in [5.74, 6) is 0. The van der Waals surface area contributed by atoms with Crippen LogP contribution in [0.15, 0.2) is 0 Å². The Labute approximate surface area is 66.9 Å². The highest BCUT2D eigenvalue weighted by Gasteiger charge is 2.32. The third-order valence-corrected chi connectivity index (χ3v) is 1.63. The largest absolute Gasteiger partial charge is 0.390 e. The molecule has 0 atom stereocenters. The molecule has 0 heterocycles. The lowest BCUT2D eigenvalue weighted by Gasteiger charge is -2.27. The first-order chi connectivity index (χ1) is 5.10. The van der Waals surface area contributed by atoms with E-state index in [1.165, 1.54) is 0 Å². The van der Waals surface area contributed by atoms with Crippen molar-refractivity contribution in [1.82, 2.24) is 0 Å². The first-order valence-electron chi connectivity index (χ1n) is 3.79. The SMILES string of the molecule is CC(C)[NH2+]C(CO)(CO)CO. The molecular formula is C7H18NO3+. The average molecular weight is 164 g/mol. The molecule has 0 rings (SSSR count). The van der Waals surface area contributed by atoms with Crippen molar-refractivity contribution >= 4 is 0 Å². The van der Waals surface area contributed by atoms with Crippen LogP contribution >= 0.6 is 0 Å². The number of hydrogen-bond donors (Lipinski definition) is 4. The molecule has 0 saturated carbocycles. The molecule has 0 spiro atoms. The molecule has 4 heteroatoms. The molecule has 68 valence electrons. The molecule has 0 aliphatic rings. The van der Waals surface area contributed by atoms with Crippen LogP contribution in [-0.2, 0) is 0 Å². The van der Waals surface area contributed by atoms with Crippen LogP contribution in [0.2, 0.25) is 0 Å². The maximum Gasteiger partial charge on any atom is 0.166 e. The molecule has 0 radical (unpaired) electrons. The molecule has 0 amide bonds. The van der Waals surface area contributed by atoms with Gasteiger partial charge in [-0.25, -0.2) is 0 Å². The monoisotopic (exact) mass is 164 g/mol. The summed E-state index contributed by atoms with van der Waals surface area (Å²) in [6.07, 6.45) is 0. The van der Waals surface area contributed by atoms with Crippen LogP contribution in [0.5, 0.6) is 0 Å². The van der Waals surface area contributed by atoms with Crippen LogP contribution in [0.3, 0.4) is 0 Å². The van der Waals surface area contributed by atoms with Crippen LogP contribution < -0.4 is 5.32 Å². The van der Waals surface area contributed by atoms with E-state index in [0.717, 1.165) is 0 Å². The van der Waals surface area contributed by atoms with Gasteiger partial charge in [0.05, 0.1) is 6.04 Å². The Morgan fingerprint density at radius 2 is 1.45 bits per heavy atom. The summed E-state index contributed by atoms with van der Waals surface area (Å²) in [6.45, 7) is 3.25. The Bertz CT molecular complexity index is 93.6. The number of rotatable bonds is 5. The van der Waals surface area contributed by atoms with Crippen LogP contribution in [-0.4, -0.2) is 46.7 Å². The third kappa shape index (κ3) is 3.16. The molecule has 0 bridgehead atoms. The third-order valence-electron chi connectivity index (χ3n) is 1.63. The van der Waals surface area contributed by atoms with Crippen molar-refractivity contribution < 1.29 is 20.6 Å². The topological polar surface area (TPSA) is 77.3 Å². The van der Waals surface area contributed by atoms with E-state index < -0.39 is 5.54 Å². The Kier molecular flexibility index (Phi) is 4.60. The zero-order valence-electron chi connectivity index (χ0n) is 7.12. The van der Waals surface area contributed by atoms with Crippen molar-refractivity contribution in [3.63, 3.8) is 0 Å². The second-order valence-electron chi connectivity index (χ2n) is 3.25. The van der Waals surface area contributed by atoms with E-state index in [2.05, 4.69) is 0 Å². The molecule has 5 N–H and O–H groups in total. The van der Waals surface area contributed by atoms with Gasteiger partial charge in [-0.3, -0.25) is 0 Å². The highest BCUT2D eigenvalue weighted by molar-refractivity contribution is 4.74. The summed E-state index contributed by atoms with van der Waals surface area (Å²) in [7, 11) is 0. The van der Waals surface area contributed by atoms with Gasteiger partial charge in [0.2, 0.25) is 0 Å². The van der Waals surface area contributed by atoms with Gasteiger partial charge in [-0.15, -0.1) is 0 Å². The molecule has 0 aliphatic carbocycles. The van der Waals surface area contributed by atoms with E-state index in [-0.39, 0.29) is 25.9 Å². The van der Waals surface area contributed by atoms with Gasteiger partial charge in [0.1, 0.15) is 19.8 Å². The summed E-state index contributed by atoms with van der Waals surface area (Å²) in [6, 6.07) is 0.251. The fraction of sp³-hybridized carbons (Fsp3) is 1.00. The lowest BCUT2D eigenvalue weighted by atomic mass is 10.0. The Morgan fingerprint density at radius 1 is 1.09 bits per heavy atom. The van der Waals surface area contributed by atoms with E-state index in [0.29, 0.717) is 0 Å². The fourth-order valence-corrected chi connectivity index (χ4v) is 1.02. The van der Waals surface area contributed by atoms with Crippen molar-refractivity contribution in [2.45, 2.75) is 25.4 Å². The van der Waals surface area contributed by atoms with Gasteiger partial charge in [0.25, 0.3) is 0 Å². The summed E-state index contributed by atoms with van der Waals surface area (Å²) in [5.41, 5.74) is -0.811. The van der Waals surface area contributed by atoms with Crippen molar-refractivity contribution in [1.29, 1.82) is 0 Å². The molecule has 0 fully saturated rings. The van der Waals surface area contributed by atoms with Gasteiger partial charge in [-0.1, -0.05) is 0 Å². The fourth-order valence-electron chi connectivity index (χ4n) is 1.02. The molecule has 4 nitrogen and oxygen atoms in total. The minimum Gasteiger partial charge on any atom is -0.390 e. The molecule has 0 aromatic heterocycles. The standard InChI is InChI=1S/C7H17NO3/c1-6(2)8-7(3-9,4-10)5-11/h6,8-11H,3-5H2,1-2H3/p+1. The second-order valence-corrected chi connectivity index (χ2v) is 3.25. The minimum absolute atomic E-state index is 0.210. The highest BCUT2D eigenvalue weighted by atomic mass is 16.3. The Balaban J connectivity index is 4.05. The van der Waals surface area contributed by atoms with Gasteiger partial charge in [-0.2, -0.15) is 0 Å². The second kappa shape index (κ2) is 4.66. The maximum atomic E-state index is 8.87. The van der Waals surface area contributed by atoms with Crippen LogP contribution in [0.1, 0.15) is 13.8 Å². The molecule has 0 aliphatic heterocycles. The summed E-state index contributed by atoms with van der Waals surface area (Å²) < 4.78 is 0. The predicted octanol–water partition coefficient (Wildman–Crippen LogP) is -2.33. The van der Waals surface area contributed by atoms with Gasteiger partial charge < -0.3 is 20.6 Å². The van der Waals surface area contributed by atoms with Crippen LogP contribution in [0.4, 0.5) is 0 Å². The smallest absolute Gasteiger partial charge is 0.166 e. The van der Waals surface area contributed by atoms with Gasteiger partial charge in [0, 0.05) is 0 Å². The van der Waals surface area contributed by atoms with E-state index in [9.17, 15) is 0 Å². The van der Waals surface area contributed by atoms with E-state index in [1.807, 2.05) is 13.8 Å². The molecule has 0 saturated heterocycles. The molecule has 0 aromatic carbocycles. The molecule has 0 aromatic rings. The number of aliphatic hydroxyl groups is 3. The number of nitrogens with two attached hydrogens (primary N) is 1. The first-order valence-corrected chi connectivity index (χ1v) is 3.79. The predicted molar refractivity (Wildman–Crippen MR) is 41.0 cm³/mol. The average Bonchev–Trinajstić information content (AvgIpc) is 2.00.